The van der Waals surface area contributed by atoms with E-state index in [9.17, 15) is 18.0 Å². The Hall–Kier alpha value is -3.46. The number of hydrogen-bond donors (Lipinski definition) is 1. The van der Waals surface area contributed by atoms with Crippen LogP contribution >= 0.6 is 11.3 Å². The summed E-state index contributed by atoms with van der Waals surface area (Å²) >= 11 is 1.32. The molecule has 2 heterocycles. The second-order valence-electron chi connectivity index (χ2n) is 6.32. The monoisotopic (exact) mass is 429 g/mol. The normalized spacial score (nSPS) is 11.4. The minimum atomic E-state index is -4.77. The molecule has 2 aromatic carbocycles. The molecule has 0 bridgehead atoms. The molecule has 0 saturated heterocycles. The Balaban J connectivity index is 1.64. The van der Waals surface area contributed by atoms with E-state index in [4.69, 9.17) is 0 Å². The Kier molecular flexibility index (Phi) is 5.37. The third-order valence-electron chi connectivity index (χ3n) is 4.20. The molecule has 0 spiro atoms. The van der Waals surface area contributed by atoms with E-state index in [0.29, 0.717) is 27.5 Å². The van der Waals surface area contributed by atoms with Gasteiger partial charge < -0.3 is 10.1 Å². The largest absolute Gasteiger partial charge is 0.573 e. The predicted octanol–water partition coefficient (Wildman–Crippen LogP) is 5.44. The van der Waals surface area contributed by atoms with Crippen LogP contribution in [0.25, 0.3) is 22.2 Å². The first-order chi connectivity index (χ1) is 14.4. The van der Waals surface area contributed by atoms with E-state index in [2.05, 4.69) is 20.0 Å². The predicted molar refractivity (Wildman–Crippen MR) is 108 cm³/mol. The van der Waals surface area contributed by atoms with Crippen LogP contribution in [-0.4, -0.2) is 22.2 Å². The fraction of sp³-hybridized carbons (Fsp3) is 0.0952. The van der Waals surface area contributed by atoms with Crippen LogP contribution in [0.3, 0.4) is 0 Å². The van der Waals surface area contributed by atoms with Gasteiger partial charge in [0.25, 0.3) is 0 Å². The standard InChI is InChI=1S/C21H14F3N3O2S/c22-21(23,24)29-16-6-2-4-14(11-16)17-8-7-13-3-1-5-15(19(13)26-17)12-18(28)27-20-25-9-10-30-20/h1-11H,12H2,(H,25,27,28). The van der Waals surface area contributed by atoms with Gasteiger partial charge in [-0.2, -0.15) is 0 Å². The van der Waals surface area contributed by atoms with Crippen LogP contribution in [0.1, 0.15) is 5.56 Å². The van der Waals surface area contributed by atoms with E-state index < -0.39 is 6.36 Å². The van der Waals surface area contributed by atoms with Crippen molar-refractivity contribution in [1.82, 2.24) is 9.97 Å². The zero-order chi connectivity index (χ0) is 21.1. The number of benzene rings is 2. The molecule has 30 heavy (non-hydrogen) atoms. The van der Waals surface area contributed by atoms with Crippen molar-refractivity contribution in [2.75, 3.05) is 5.32 Å². The van der Waals surface area contributed by atoms with Gasteiger partial charge in [0.1, 0.15) is 5.75 Å². The van der Waals surface area contributed by atoms with Gasteiger partial charge in [0.2, 0.25) is 5.91 Å². The summed E-state index contributed by atoms with van der Waals surface area (Å²) in [6.45, 7) is 0. The number of hydrogen-bond acceptors (Lipinski definition) is 5. The number of para-hydroxylation sites is 1. The van der Waals surface area contributed by atoms with Gasteiger partial charge in [-0.15, -0.1) is 24.5 Å². The lowest BCUT2D eigenvalue weighted by Gasteiger charge is -2.11. The van der Waals surface area contributed by atoms with E-state index in [0.717, 1.165) is 5.39 Å². The van der Waals surface area contributed by atoms with Crippen molar-refractivity contribution in [3.05, 3.63) is 71.7 Å². The third kappa shape index (κ3) is 4.74. The third-order valence-corrected chi connectivity index (χ3v) is 4.89. The molecule has 0 atom stereocenters. The first kappa shape index (κ1) is 19.8. The second kappa shape index (κ2) is 8.11. The summed E-state index contributed by atoms with van der Waals surface area (Å²) in [6, 6.07) is 14.6. The molecule has 0 aliphatic rings. The number of nitrogens with zero attached hydrogens (tertiary/aromatic N) is 2. The van der Waals surface area contributed by atoms with E-state index in [1.807, 2.05) is 18.2 Å². The molecule has 0 radical (unpaired) electrons. The number of carbonyl (C=O) groups is 1. The minimum absolute atomic E-state index is 0.0879. The number of ether oxygens (including phenoxy) is 1. The Morgan fingerprint density at radius 1 is 1.10 bits per heavy atom. The van der Waals surface area contributed by atoms with Crippen LogP contribution in [0.15, 0.2) is 66.2 Å². The summed E-state index contributed by atoms with van der Waals surface area (Å²) in [5.41, 5.74) is 2.25. The summed E-state index contributed by atoms with van der Waals surface area (Å²) in [5.74, 6) is -0.553. The Morgan fingerprint density at radius 2 is 1.93 bits per heavy atom. The maximum atomic E-state index is 12.5. The number of carbonyl (C=O) groups excluding carboxylic acids is 1. The Labute approximate surface area is 173 Å². The van der Waals surface area contributed by atoms with Crippen molar-refractivity contribution < 1.29 is 22.7 Å². The van der Waals surface area contributed by atoms with Crippen molar-refractivity contribution in [3.63, 3.8) is 0 Å². The molecule has 2 aromatic heterocycles. The lowest BCUT2D eigenvalue weighted by Crippen LogP contribution is -2.17. The molecule has 0 unspecified atom stereocenters. The molecule has 0 aliphatic carbocycles. The summed E-state index contributed by atoms with van der Waals surface area (Å²) in [6.07, 6.45) is -3.08. The van der Waals surface area contributed by atoms with Crippen molar-refractivity contribution in [3.8, 4) is 17.0 Å². The number of nitrogens with one attached hydrogen (secondary N) is 1. The van der Waals surface area contributed by atoms with E-state index in [-0.39, 0.29) is 18.1 Å². The first-order valence-corrected chi connectivity index (χ1v) is 9.69. The van der Waals surface area contributed by atoms with Crippen LogP contribution in [-0.2, 0) is 11.2 Å². The summed E-state index contributed by atoms with van der Waals surface area (Å²) < 4.78 is 41.5. The first-order valence-electron chi connectivity index (χ1n) is 8.81. The molecule has 0 fully saturated rings. The van der Waals surface area contributed by atoms with Crippen molar-refractivity contribution in [2.24, 2.45) is 0 Å². The molecule has 1 N–H and O–H groups in total. The van der Waals surface area contributed by atoms with Gasteiger partial charge in [-0.25, -0.2) is 9.97 Å². The molecule has 0 aliphatic heterocycles. The van der Waals surface area contributed by atoms with Crippen molar-refractivity contribution >= 4 is 33.3 Å². The fourth-order valence-electron chi connectivity index (χ4n) is 2.99. The average molecular weight is 429 g/mol. The molecule has 1 amide bonds. The van der Waals surface area contributed by atoms with Gasteiger partial charge in [-0.05, 0) is 23.8 Å². The highest BCUT2D eigenvalue weighted by atomic mass is 32.1. The second-order valence-corrected chi connectivity index (χ2v) is 7.22. The zero-order valence-electron chi connectivity index (χ0n) is 15.3. The molecular weight excluding hydrogens is 415 g/mol. The number of fused-ring (bicyclic) bond motifs is 1. The molecule has 9 heteroatoms. The van der Waals surface area contributed by atoms with Crippen LogP contribution in [0, 0.1) is 0 Å². The van der Waals surface area contributed by atoms with Crippen LogP contribution in [0.2, 0.25) is 0 Å². The number of anilines is 1. The van der Waals surface area contributed by atoms with Crippen molar-refractivity contribution in [2.45, 2.75) is 12.8 Å². The average Bonchev–Trinajstić information content (AvgIpc) is 3.20. The van der Waals surface area contributed by atoms with Crippen molar-refractivity contribution in [1.29, 1.82) is 0 Å². The fourth-order valence-corrected chi connectivity index (χ4v) is 3.53. The molecule has 0 saturated carbocycles. The number of amides is 1. The van der Waals surface area contributed by atoms with Gasteiger partial charge in [-0.3, -0.25) is 4.79 Å². The maximum Gasteiger partial charge on any atom is 0.573 e. The van der Waals surface area contributed by atoms with Gasteiger partial charge in [0.05, 0.1) is 17.6 Å². The SMILES string of the molecule is O=C(Cc1cccc2ccc(-c3cccc(OC(F)(F)F)c3)nc12)Nc1nccs1. The Morgan fingerprint density at radius 3 is 2.70 bits per heavy atom. The van der Waals surface area contributed by atoms with Gasteiger partial charge >= 0.3 is 6.36 Å². The highest BCUT2D eigenvalue weighted by molar-refractivity contribution is 7.13. The molecule has 4 aromatic rings. The Bertz CT molecular complexity index is 1190. The molecule has 152 valence electrons. The van der Waals surface area contributed by atoms with Gasteiger partial charge in [0, 0.05) is 22.5 Å². The topological polar surface area (TPSA) is 64.1 Å². The quantitative estimate of drug-likeness (QED) is 0.459. The highest BCUT2D eigenvalue weighted by Gasteiger charge is 2.31. The molecule has 5 nitrogen and oxygen atoms in total. The maximum absolute atomic E-state index is 12.5. The smallest absolute Gasteiger partial charge is 0.406 e. The highest BCUT2D eigenvalue weighted by Crippen LogP contribution is 2.29. The van der Waals surface area contributed by atoms with E-state index in [1.54, 1.807) is 29.8 Å². The van der Waals surface area contributed by atoms with E-state index >= 15 is 0 Å². The van der Waals surface area contributed by atoms with Crippen LogP contribution in [0.4, 0.5) is 18.3 Å². The number of aromatic nitrogens is 2. The van der Waals surface area contributed by atoms with Gasteiger partial charge in [0.15, 0.2) is 5.13 Å². The lowest BCUT2D eigenvalue weighted by molar-refractivity contribution is -0.274. The summed E-state index contributed by atoms with van der Waals surface area (Å²) in [4.78, 5) is 21.0. The minimum Gasteiger partial charge on any atom is -0.406 e. The van der Waals surface area contributed by atoms with Crippen LogP contribution < -0.4 is 10.1 Å². The molecule has 4 rings (SSSR count). The van der Waals surface area contributed by atoms with Gasteiger partial charge in [-0.1, -0.05) is 36.4 Å². The summed E-state index contributed by atoms with van der Waals surface area (Å²) in [5, 5.41) is 5.82. The number of pyridine rings is 1. The number of halogens is 3. The number of rotatable bonds is 5. The van der Waals surface area contributed by atoms with Crippen LogP contribution in [0.5, 0.6) is 5.75 Å². The number of thiazole rings is 1. The van der Waals surface area contributed by atoms with E-state index in [1.165, 1.54) is 29.5 Å². The number of alkyl halides is 3. The molecular formula is C21H14F3N3O2S. The lowest BCUT2D eigenvalue weighted by atomic mass is 10.0. The summed E-state index contributed by atoms with van der Waals surface area (Å²) in [7, 11) is 0. The zero-order valence-corrected chi connectivity index (χ0v) is 16.1.